The van der Waals surface area contributed by atoms with E-state index in [0.29, 0.717) is 0 Å². The Morgan fingerprint density at radius 1 is 1.00 bits per heavy atom. The van der Waals surface area contributed by atoms with E-state index in [2.05, 4.69) is 15.5 Å². The minimum Gasteiger partial charge on any atom is -0.210 e. The molecule has 0 unspecified atom stereocenters. The second-order valence-electron chi connectivity index (χ2n) is 3.00. The molecule has 0 spiro atoms. The molecule has 1 aromatic carbocycles. The molecule has 3 nitrogen and oxygen atoms in total. The highest BCUT2D eigenvalue weighted by Gasteiger charge is 2.13. The first kappa shape index (κ1) is 7.98. The quantitative estimate of drug-likeness (QED) is 0.618. The Morgan fingerprint density at radius 2 is 1.77 bits per heavy atom. The van der Waals surface area contributed by atoms with Gasteiger partial charge >= 0.3 is 0 Å². The molecule has 0 bridgehead atoms. The van der Waals surface area contributed by atoms with Gasteiger partial charge in [-0.3, -0.25) is 0 Å². The van der Waals surface area contributed by atoms with Crippen molar-refractivity contribution >= 4 is 11.7 Å². The number of hydrogen-bond acceptors (Lipinski definition) is 2. The predicted octanol–water partition coefficient (Wildman–Crippen LogP) is 1.69. The van der Waals surface area contributed by atoms with Crippen LogP contribution in [-0.2, 0) is 0 Å². The van der Waals surface area contributed by atoms with E-state index < -0.39 is 0 Å². The van der Waals surface area contributed by atoms with Crippen molar-refractivity contribution in [2.75, 3.05) is 0 Å². The van der Waals surface area contributed by atoms with Gasteiger partial charge in [-0.2, -0.15) is 0 Å². The minimum absolute atomic E-state index is 0.718. The standard InChI is InChI=1S/C10H10N3/c1-7-5-3-4-6-9(7)10-11-8(2)12-13-10/h3-6H,1-2H3. The van der Waals surface area contributed by atoms with Crippen LogP contribution in [0.3, 0.4) is 0 Å². The van der Waals surface area contributed by atoms with E-state index in [1.807, 2.05) is 38.1 Å². The number of rotatable bonds is 1. The molecule has 1 aromatic rings. The number of aryl methyl sites for hydroxylation is 1. The first-order valence-corrected chi connectivity index (χ1v) is 4.17. The molecule has 65 valence electrons. The van der Waals surface area contributed by atoms with Crippen molar-refractivity contribution in [3.63, 3.8) is 0 Å². The van der Waals surface area contributed by atoms with Crippen LogP contribution in [0.2, 0.25) is 0 Å². The Bertz CT molecular complexity index is 391. The van der Waals surface area contributed by atoms with Gasteiger partial charge in [0.1, 0.15) is 5.84 Å². The van der Waals surface area contributed by atoms with Gasteiger partial charge in [0.25, 0.3) is 0 Å². The Morgan fingerprint density at radius 3 is 2.38 bits per heavy atom. The number of nitrogens with zero attached hydrogens (tertiary/aromatic N) is 3. The molecule has 1 aliphatic rings. The fourth-order valence-corrected chi connectivity index (χ4v) is 1.26. The summed E-state index contributed by atoms with van der Waals surface area (Å²) in [5.74, 6) is 1.44. The van der Waals surface area contributed by atoms with E-state index in [1.54, 1.807) is 0 Å². The third-order valence-corrected chi connectivity index (χ3v) is 1.94. The summed E-state index contributed by atoms with van der Waals surface area (Å²) in [5.41, 5.74) is 2.23. The highest BCUT2D eigenvalue weighted by Crippen LogP contribution is 2.10. The lowest BCUT2D eigenvalue weighted by Gasteiger charge is -2.02. The van der Waals surface area contributed by atoms with E-state index in [1.165, 1.54) is 5.56 Å². The van der Waals surface area contributed by atoms with Crippen LogP contribution in [0.25, 0.3) is 0 Å². The van der Waals surface area contributed by atoms with Crippen LogP contribution in [0.5, 0.6) is 0 Å². The smallest absolute Gasteiger partial charge is 0.183 e. The molecule has 3 heteroatoms. The topological polar surface area (TPSA) is 38.8 Å². The molecular formula is C10H10N3. The predicted molar refractivity (Wildman–Crippen MR) is 53.0 cm³/mol. The van der Waals surface area contributed by atoms with Gasteiger partial charge in [-0.15, -0.1) is 10.2 Å². The normalized spacial score (nSPS) is 14.9. The lowest BCUT2D eigenvalue weighted by Crippen LogP contribution is -2.17. The first-order chi connectivity index (χ1) is 6.27. The molecule has 1 heterocycles. The molecule has 0 saturated heterocycles. The second-order valence-corrected chi connectivity index (χ2v) is 3.00. The fraction of sp³-hybridized carbons (Fsp3) is 0.200. The summed E-state index contributed by atoms with van der Waals surface area (Å²) in [6.07, 6.45) is 0. The van der Waals surface area contributed by atoms with Crippen LogP contribution in [0, 0.1) is 6.92 Å². The molecule has 0 N–H and O–H groups in total. The zero-order valence-electron chi connectivity index (χ0n) is 7.65. The average Bonchev–Trinajstić information content (AvgIpc) is 2.53. The van der Waals surface area contributed by atoms with Crippen LogP contribution >= 0.6 is 0 Å². The largest absolute Gasteiger partial charge is 0.210 e. The average molecular weight is 172 g/mol. The molecule has 2 rings (SSSR count). The summed E-state index contributed by atoms with van der Waals surface area (Å²) in [6.45, 7) is 3.88. The van der Waals surface area contributed by atoms with Gasteiger partial charge in [-0.1, -0.05) is 24.3 Å². The third-order valence-electron chi connectivity index (χ3n) is 1.94. The highest BCUT2D eigenvalue weighted by atomic mass is 15.3. The maximum atomic E-state index is 4.22. The van der Waals surface area contributed by atoms with E-state index in [0.717, 1.165) is 17.2 Å². The van der Waals surface area contributed by atoms with Gasteiger partial charge in [0, 0.05) is 5.56 Å². The van der Waals surface area contributed by atoms with Crippen molar-refractivity contribution in [3.05, 3.63) is 35.4 Å². The fourth-order valence-electron chi connectivity index (χ4n) is 1.26. The zero-order chi connectivity index (χ0) is 9.26. The van der Waals surface area contributed by atoms with Crippen LogP contribution in [-0.4, -0.2) is 11.7 Å². The second kappa shape index (κ2) is 3.01. The maximum Gasteiger partial charge on any atom is 0.183 e. The van der Waals surface area contributed by atoms with Crippen molar-refractivity contribution in [2.24, 2.45) is 10.2 Å². The number of benzene rings is 1. The third kappa shape index (κ3) is 1.45. The summed E-state index contributed by atoms with van der Waals surface area (Å²) >= 11 is 0. The molecule has 1 aliphatic heterocycles. The van der Waals surface area contributed by atoms with Crippen LogP contribution in [0.15, 0.2) is 34.5 Å². The minimum atomic E-state index is 0.718. The molecule has 0 amide bonds. The number of amidine groups is 2. The van der Waals surface area contributed by atoms with Crippen molar-refractivity contribution in [2.45, 2.75) is 13.8 Å². The first-order valence-electron chi connectivity index (χ1n) is 4.17. The molecule has 13 heavy (non-hydrogen) atoms. The maximum absolute atomic E-state index is 4.22. The van der Waals surface area contributed by atoms with Gasteiger partial charge in [0.2, 0.25) is 0 Å². The van der Waals surface area contributed by atoms with E-state index in [-0.39, 0.29) is 0 Å². The molecule has 0 aliphatic carbocycles. The van der Waals surface area contributed by atoms with Gasteiger partial charge in [-0.25, -0.2) is 5.32 Å². The van der Waals surface area contributed by atoms with Crippen LogP contribution in [0.4, 0.5) is 0 Å². The molecule has 0 atom stereocenters. The summed E-state index contributed by atoms with van der Waals surface area (Å²) in [6, 6.07) is 8.03. The molecule has 0 aromatic heterocycles. The zero-order valence-corrected chi connectivity index (χ0v) is 7.65. The monoisotopic (exact) mass is 172 g/mol. The van der Waals surface area contributed by atoms with E-state index in [9.17, 15) is 0 Å². The van der Waals surface area contributed by atoms with Crippen molar-refractivity contribution in [3.8, 4) is 0 Å². The molecular weight excluding hydrogens is 162 g/mol. The Labute approximate surface area is 77.2 Å². The Hall–Kier alpha value is -1.64. The van der Waals surface area contributed by atoms with Crippen molar-refractivity contribution in [1.82, 2.24) is 5.32 Å². The SMILES string of the molecule is CC1=NN=C(c2ccccc2C)[N]1. The Balaban J connectivity index is 2.34. The summed E-state index contributed by atoms with van der Waals surface area (Å²) < 4.78 is 0. The van der Waals surface area contributed by atoms with Crippen LogP contribution < -0.4 is 5.32 Å². The van der Waals surface area contributed by atoms with Gasteiger partial charge in [0.05, 0.1) is 0 Å². The molecule has 1 radical (unpaired) electrons. The lowest BCUT2D eigenvalue weighted by atomic mass is 10.1. The van der Waals surface area contributed by atoms with Gasteiger partial charge < -0.3 is 0 Å². The van der Waals surface area contributed by atoms with E-state index in [4.69, 9.17) is 0 Å². The van der Waals surface area contributed by atoms with Gasteiger partial charge in [-0.05, 0) is 19.4 Å². The number of hydrogen-bond donors (Lipinski definition) is 0. The van der Waals surface area contributed by atoms with Crippen molar-refractivity contribution < 1.29 is 0 Å². The van der Waals surface area contributed by atoms with Crippen LogP contribution in [0.1, 0.15) is 18.1 Å². The molecule has 0 fully saturated rings. The summed E-state index contributed by atoms with van der Waals surface area (Å²) in [7, 11) is 0. The van der Waals surface area contributed by atoms with Gasteiger partial charge in [0.15, 0.2) is 5.84 Å². The lowest BCUT2D eigenvalue weighted by molar-refractivity contribution is 1.26. The highest BCUT2D eigenvalue weighted by molar-refractivity contribution is 6.11. The summed E-state index contributed by atoms with van der Waals surface area (Å²) in [4.78, 5) is 0. The van der Waals surface area contributed by atoms with Crippen molar-refractivity contribution in [1.29, 1.82) is 0 Å². The van der Waals surface area contributed by atoms with E-state index >= 15 is 0 Å². The Kier molecular flexibility index (Phi) is 1.85. The molecule has 0 saturated carbocycles. The summed E-state index contributed by atoms with van der Waals surface area (Å²) in [5, 5.41) is 12.1.